The summed E-state index contributed by atoms with van der Waals surface area (Å²) in [6.07, 6.45) is 4.84. The molecule has 2 aromatic rings. The van der Waals surface area contributed by atoms with Gasteiger partial charge in [0.05, 0.1) is 14.2 Å². The predicted octanol–water partition coefficient (Wildman–Crippen LogP) is 1.89. The molecular formula is C21H26N4O4. The molecule has 2 heterocycles. The topological polar surface area (TPSA) is 96.5 Å². The second-order valence-electron chi connectivity index (χ2n) is 6.93. The third-order valence-electron chi connectivity index (χ3n) is 4.83. The molecule has 0 bridgehead atoms. The van der Waals surface area contributed by atoms with Crippen LogP contribution in [0, 0.1) is 6.92 Å². The van der Waals surface area contributed by atoms with E-state index in [0.717, 1.165) is 31.5 Å². The van der Waals surface area contributed by atoms with E-state index < -0.39 is 0 Å². The number of nitrogens with zero attached hydrogens (tertiary/aromatic N) is 2. The Balaban J connectivity index is 1.53. The van der Waals surface area contributed by atoms with Gasteiger partial charge in [0.1, 0.15) is 0 Å². The van der Waals surface area contributed by atoms with E-state index in [4.69, 9.17) is 9.47 Å². The molecule has 0 radical (unpaired) electrons. The Kier molecular flexibility index (Phi) is 6.54. The number of aromatic nitrogens is 2. The number of aryl methyl sites for hydroxylation is 1. The van der Waals surface area contributed by atoms with E-state index in [0.29, 0.717) is 23.1 Å². The smallest absolute Gasteiger partial charge is 0.252 e. The maximum absolute atomic E-state index is 12.3. The summed E-state index contributed by atoms with van der Waals surface area (Å²) in [7, 11) is 3.16. The van der Waals surface area contributed by atoms with Gasteiger partial charge in [-0.15, -0.1) is 0 Å². The Morgan fingerprint density at radius 1 is 1.21 bits per heavy atom. The summed E-state index contributed by atoms with van der Waals surface area (Å²) in [5, 5.41) is 3.03. The zero-order chi connectivity index (χ0) is 20.8. The van der Waals surface area contributed by atoms with E-state index in [9.17, 15) is 9.59 Å². The minimum absolute atomic E-state index is 0.0883. The number of H-pyrrole nitrogens is 1. The highest BCUT2D eigenvalue weighted by Gasteiger charge is 2.21. The predicted molar refractivity (Wildman–Crippen MR) is 112 cm³/mol. The average molecular weight is 398 g/mol. The van der Waals surface area contributed by atoms with Crippen LogP contribution in [0.3, 0.4) is 0 Å². The van der Waals surface area contributed by atoms with Crippen molar-refractivity contribution in [1.82, 2.24) is 15.3 Å². The summed E-state index contributed by atoms with van der Waals surface area (Å²) < 4.78 is 10.5. The fraction of sp³-hybridized carbons (Fsp3) is 0.381. The Morgan fingerprint density at radius 2 is 1.93 bits per heavy atom. The molecule has 1 aromatic carbocycles. The molecule has 0 spiro atoms. The Morgan fingerprint density at radius 3 is 2.59 bits per heavy atom. The van der Waals surface area contributed by atoms with Crippen LogP contribution in [0.2, 0.25) is 0 Å². The summed E-state index contributed by atoms with van der Waals surface area (Å²) in [5.41, 5.74) is 1.39. The monoisotopic (exact) mass is 398 g/mol. The van der Waals surface area contributed by atoms with Crippen LogP contribution in [0.1, 0.15) is 24.1 Å². The highest BCUT2D eigenvalue weighted by atomic mass is 16.5. The quantitative estimate of drug-likeness (QED) is 0.722. The average Bonchev–Trinajstić information content (AvgIpc) is 2.71. The normalized spacial score (nSPS) is 14.8. The number of carbonyl (C=O) groups is 1. The number of anilines is 1. The van der Waals surface area contributed by atoms with Crippen LogP contribution in [-0.2, 0) is 4.79 Å². The largest absolute Gasteiger partial charge is 0.493 e. The summed E-state index contributed by atoms with van der Waals surface area (Å²) in [6, 6.07) is 7.04. The highest BCUT2D eigenvalue weighted by Crippen LogP contribution is 2.28. The molecule has 0 saturated carbocycles. The van der Waals surface area contributed by atoms with Crippen molar-refractivity contribution in [3.63, 3.8) is 0 Å². The first-order chi connectivity index (χ1) is 14.0. The van der Waals surface area contributed by atoms with Gasteiger partial charge in [-0.3, -0.25) is 14.6 Å². The molecule has 154 valence electrons. The lowest BCUT2D eigenvalue weighted by molar-refractivity contribution is -0.117. The molecule has 0 atom stereocenters. The maximum Gasteiger partial charge on any atom is 0.252 e. The Hall–Kier alpha value is -3.29. The molecular weight excluding hydrogens is 372 g/mol. The molecule has 1 fully saturated rings. The van der Waals surface area contributed by atoms with E-state index in [-0.39, 0.29) is 17.5 Å². The van der Waals surface area contributed by atoms with Crippen molar-refractivity contribution in [1.29, 1.82) is 0 Å². The first-order valence-electron chi connectivity index (χ1n) is 9.52. The van der Waals surface area contributed by atoms with Gasteiger partial charge in [-0.05, 0) is 43.5 Å². The van der Waals surface area contributed by atoms with Gasteiger partial charge in [-0.2, -0.15) is 0 Å². The molecule has 1 aliphatic heterocycles. The lowest BCUT2D eigenvalue weighted by Gasteiger charge is -2.32. The number of hydrogen-bond donors (Lipinski definition) is 2. The van der Waals surface area contributed by atoms with Crippen molar-refractivity contribution < 1.29 is 14.3 Å². The highest BCUT2D eigenvalue weighted by molar-refractivity contribution is 5.92. The van der Waals surface area contributed by atoms with E-state index in [1.807, 2.05) is 17.0 Å². The molecule has 1 amide bonds. The summed E-state index contributed by atoms with van der Waals surface area (Å²) >= 11 is 0. The zero-order valence-corrected chi connectivity index (χ0v) is 16.9. The zero-order valence-electron chi connectivity index (χ0n) is 16.9. The van der Waals surface area contributed by atoms with Crippen LogP contribution in [0.25, 0.3) is 6.08 Å². The van der Waals surface area contributed by atoms with Gasteiger partial charge in [0.15, 0.2) is 11.5 Å². The fourth-order valence-corrected chi connectivity index (χ4v) is 3.33. The lowest BCUT2D eigenvalue weighted by Crippen LogP contribution is -2.45. The van der Waals surface area contributed by atoms with Crippen LogP contribution in [0.15, 0.2) is 35.1 Å². The van der Waals surface area contributed by atoms with Crippen LogP contribution >= 0.6 is 0 Å². The van der Waals surface area contributed by atoms with Crippen LogP contribution in [0.5, 0.6) is 11.5 Å². The van der Waals surface area contributed by atoms with Gasteiger partial charge in [0.25, 0.3) is 5.56 Å². The van der Waals surface area contributed by atoms with Crippen molar-refractivity contribution in [2.24, 2.45) is 0 Å². The number of benzene rings is 1. The first-order valence-corrected chi connectivity index (χ1v) is 9.52. The molecule has 1 aliphatic rings. The number of ether oxygens (including phenoxy) is 2. The van der Waals surface area contributed by atoms with Crippen LogP contribution in [0.4, 0.5) is 5.95 Å². The third-order valence-corrected chi connectivity index (χ3v) is 4.83. The summed E-state index contributed by atoms with van der Waals surface area (Å²) in [4.78, 5) is 33.1. The standard InChI is InChI=1S/C21H26N4O4/c1-14-12-20(27)24-21(22-14)25-10-8-16(9-11-25)23-19(26)7-5-15-4-6-17(28-2)18(13-15)29-3/h4-7,12-13,16H,8-11H2,1-3H3,(H,23,26)(H,22,24,27). The molecule has 2 N–H and O–H groups in total. The Labute approximate surface area is 169 Å². The number of amides is 1. The molecule has 8 heteroatoms. The van der Waals surface area contributed by atoms with Crippen LogP contribution in [-0.4, -0.2) is 49.2 Å². The molecule has 1 aromatic heterocycles. The van der Waals surface area contributed by atoms with E-state index in [1.54, 1.807) is 33.3 Å². The second kappa shape index (κ2) is 9.27. The minimum Gasteiger partial charge on any atom is -0.493 e. The van der Waals surface area contributed by atoms with E-state index in [2.05, 4.69) is 15.3 Å². The van der Waals surface area contributed by atoms with Gasteiger partial charge >= 0.3 is 0 Å². The number of methoxy groups -OCH3 is 2. The molecule has 29 heavy (non-hydrogen) atoms. The SMILES string of the molecule is COc1ccc(C=CC(=O)NC2CCN(c3nc(C)cc(=O)[nH]3)CC2)cc1OC. The third kappa shape index (κ3) is 5.37. The van der Waals surface area contributed by atoms with Crippen LogP contribution < -0.4 is 25.2 Å². The molecule has 0 aliphatic carbocycles. The maximum atomic E-state index is 12.3. The first kappa shape index (κ1) is 20.4. The van der Waals surface area contributed by atoms with Crippen molar-refractivity contribution in [3.05, 3.63) is 52.0 Å². The molecule has 0 unspecified atom stereocenters. The Bertz CT molecular complexity index is 946. The van der Waals surface area contributed by atoms with Crippen molar-refractivity contribution >= 4 is 17.9 Å². The minimum atomic E-state index is -0.150. The van der Waals surface area contributed by atoms with Gasteiger partial charge in [-0.1, -0.05) is 6.07 Å². The van der Waals surface area contributed by atoms with Gasteiger partial charge in [0, 0.05) is 37.0 Å². The number of nitrogens with one attached hydrogen (secondary N) is 2. The fourth-order valence-electron chi connectivity index (χ4n) is 3.33. The summed E-state index contributed by atoms with van der Waals surface area (Å²) in [6.45, 7) is 3.24. The van der Waals surface area contributed by atoms with E-state index in [1.165, 1.54) is 12.1 Å². The van der Waals surface area contributed by atoms with Crippen molar-refractivity contribution in [3.8, 4) is 11.5 Å². The molecule has 3 rings (SSSR count). The van der Waals surface area contributed by atoms with Gasteiger partial charge in [0.2, 0.25) is 11.9 Å². The number of piperidine rings is 1. The van der Waals surface area contributed by atoms with Crippen molar-refractivity contribution in [2.75, 3.05) is 32.2 Å². The van der Waals surface area contributed by atoms with Crippen molar-refractivity contribution in [2.45, 2.75) is 25.8 Å². The van der Waals surface area contributed by atoms with Gasteiger partial charge < -0.3 is 19.7 Å². The molecule has 1 saturated heterocycles. The number of hydrogen-bond acceptors (Lipinski definition) is 6. The second-order valence-corrected chi connectivity index (χ2v) is 6.93. The number of aromatic amines is 1. The molecule has 8 nitrogen and oxygen atoms in total. The van der Waals surface area contributed by atoms with E-state index >= 15 is 0 Å². The lowest BCUT2D eigenvalue weighted by atomic mass is 10.1. The number of rotatable bonds is 6. The number of carbonyl (C=O) groups excluding carboxylic acids is 1. The summed E-state index contributed by atoms with van der Waals surface area (Å²) in [5.74, 6) is 1.71. The van der Waals surface area contributed by atoms with Gasteiger partial charge in [-0.25, -0.2) is 4.98 Å².